The summed E-state index contributed by atoms with van der Waals surface area (Å²) in [6.07, 6.45) is 6.55. The summed E-state index contributed by atoms with van der Waals surface area (Å²) in [5, 5.41) is 0. The highest BCUT2D eigenvalue weighted by molar-refractivity contribution is 5.56. The van der Waals surface area contributed by atoms with Gasteiger partial charge in [-0.15, -0.1) is 0 Å². The van der Waals surface area contributed by atoms with Gasteiger partial charge in [0, 0.05) is 44.0 Å². The van der Waals surface area contributed by atoms with E-state index in [0.717, 1.165) is 26.2 Å². The van der Waals surface area contributed by atoms with E-state index < -0.39 is 0 Å². The maximum absolute atomic E-state index is 6.44. The number of nitrogens with zero attached hydrogens (tertiary/aromatic N) is 2. The first-order valence-corrected chi connectivity index (χ1v) is 8.97. The van der Waals surface area contributed by atoms with Crippen LogP contribution in [-0.2, 0) is 0 Å². The molecule has 1 aromatic carbocycles. The van der Waals surface area contributed by atoms with Crippen molar-refractivity contribution >= 4 is 5.69 Å². The number of rotatable bonds is 2. The predicted octanol–water partition coefficient (Wildman–Crippen LogP) is 3.09. The van der Waals surface area contributed by atoms with Gasteiger partial charge in [0.05, 0.1) is 0 Å². The minimum Gasteiger partial charge on any atom is -0.369 e. The molecule has 0 spiro atoms. The van der Waals surface area contributed by atoms with Crippen molar-refractivity contribution in [2.75, 3.05) is 31.1 Å². The zero-order chi connectivity index (χ0) is 15.5. The van der Waals surface area contributed by atoms with Crippen LogP contribution >= 0.6 is 0 Å². The van der Waals surface area contributed by atoms with Crippen LogP contribution in [0.15, 0.2) is 18.2 Å². The minimum atomic E-state index is 0.384. The largest absolute Gasteiger partial charge is 0.369 e. The number of aryl methyl sites for hydroxylation is 1. The normalized spacial score (nSPS) is 27.7. The summed E-state index contributed by atoms with van der Waals surface area (Å²) in [5.41, 5.74) is 10.7. The fourth-order valence-electron chi connectivity index (χ4n) is 4.14. The van der Waals surface area contributed by atoms with Crippen molar-refractivity contribution in [3.8, 4) is 0 Å². The van der Waals surface area contributed by atoms with E-state index >= 15 is 0 Å². The fraction of sp³-hybridized carbons (Fsp3) is 0.684. The summed E-state index contributed by atoms with van der Waals surface area (Å²) in [7, 11) is 0. The van der Waals surface area contributed by atoms with Gasteiger partial charge in [-0.3, -0.25) is 4.90 Å². The summed E-state index contributed by atoms with van der Waals surface area (Å²) in [6.45, 7) is 9.04. The average Bonchev–Trinajstić information content (AvgIpc) is 2.75. The molecule has 3 nitrogen and oxygen atoms in total. The summed E-state index contributed by atoms with van der Waals surface area (Å²) in [5.74, 6) is 0. The van der Waals surface area contributed by atoms with Crippen molar-refractivity contribution in [3.05, 3.63) is 29.3 Å². The molecular formula is C19H31N3. The maximum atomic E-state index is 6.44. The topological polar surface area (TPSA) is 32.5 Å². The first-order chi connectivity index (χ1) is 10.7. The molecule has 0 radical (unpaired) electrons. The lowest BCUT2D eigenvalue weighted by molar-refractivity contribution is 0.154. The first kappa shape index (κ1) is 15.8. The van der Waals surface area contributed by atoms with Gasteiger partial charge < -0.3 is 10.6 Å². The Hall–Kier alpha value is -1.06. The number of hydrogen-bond acceptors (Lipinski definition) is 3. The van der Waals surface area contributed by atoms with Crippen LogP contribution in [0.5, 0.6) is 0 Å². The number of anilines is 1. The Labute approximate surface area is 135 Å². The Morgan fingerprint density at radius 3 is 2.45 bits per heavy atom. The summed E-state index contributed by atoms with van der Waals surface area (Å²) in [4.78, 5) is 5.22. The van der Waals surface area contributed by atoms with Crippen molar-refractivity contribution in [2.24, 2.45) is 5.73 Å². The lowest BCUT2D eigenvalue weighted by Crippen LogP contribution is -2.55. The zero-order valence-corrected chi connectivity index (χ0v) is 14.2. The van der Waals surface area contributed by atoms with Crippen LogP contribution in [-0.4, -0.2) is 43.2 Å². The molecule has 2 unspecified atom stereocenters. The van der Waals surface area contributed by atoms with Crippen LogP contribution < -0.4 is 10.6 Å². The van der Waals surface area contributed by atoms with E-state index in [-0.39, 0.29) is 0 Å². The van der Waals surface area contributed by atoms with Gasteiger partial charge in [0.25, 0.3) is 0 Å². The minimum absolute atomic E-state index is 0.384. The molecule has 0 amide bonds. The van der Waals surface area contributed by atoms with Gasteiger partial charge in [0.15, 0.2) is 0 Å². The Kier molecular flexibility index (Phi) is 5.04. The van der Waals surface area contributed by atoms with Crippen LogP contribution in [0.2, 0.25) is 0 Å². The molecule has 22 heavy (non-hydrogen) atoms. The van der Waals surface area contributed by atoms with E-state index in [1.54, 1.807) is 0 Å². The molecule has 1 saturated heterocycles. The summed E-state index contributed by atoms with van der Waals surface area (Å²) < 4.78 is 0. The van der Waals surface area contributed by atoms with E-state index in [1.807, 2.05) is 0 Å². The third-order valence-corrected chi connectivity index (χ3v) is 5.73. The Bertz CT molecular complexity index is 491. The van der Waals surface area contributed by atoms with E-state index in [4.69, 9.17) is 5.73 Å². The van der Waals surface area contributed by atoms with Crippen LogP contribution in [0.4, 0.5) is 5.69 Å². The molecule has 122 valence electrons. The van der Waals surface area contributed by atoms with Crippen molar-refractivity contribution in [2.45, 2.75) is 58.0 Å². The third-order valence-electron chi connectivity index (χ3n) is 5.73. The van der Waals surface area contributed by atoms with Gasteiger partial charge in [-0.05, 0) is 43.9 Å². The number of hydrogen-bond donors (Lipinski definition) is 1. The Balaban J connectivity index is 1.63. The summed E-state index contributed by atoms with van der Waals surface area (Å²) in [6, 6.07) is 7.67. The molecule has 0 bridgehead atoms. The molecule has 2 aliphatic rings. The second-order valence-electron chi connectivity index (χ2n) is 7.11. The van der Waals surface area contributed by atoms with Crippen molar-refractivity contribution < 1.29 is 0 Å². The van der Waals surface area contributed by atoms with Gasteiger partial charge in [0.1, 0.15) is 0 Å². The van der Waals surface area contributed by atoms with Crippen LogP contribution in [0.25, 0.3) is 0 Å². The lowest BCUT2D eigenvalue weighted by atomic mass is 10.0. The maximum Gasteiger partial charge on any atom is 0.0399 e. The first-order valence-electron chi connectivity index (χ1n) is 8.97. The third kappa shape index (κ3) is 3.31. The molecule has 1 aromatic rings. The molecule has 3 rings (SSSR count). The van der Waals surface area contributed by atoms with E-state index in [1.165, 1.54) is 48.9 Å². The number of piperazine rings is 1. The smallest absolute Gasteiger partial charge is 0.0399 e. The monoisotopic (exact) mass is 301 g/mol. The molecule has 2 fully saturated rings. The average molecular weight is 301 g/mol. The van der Waals surface area contributed by atoms with Gasteiger partial charge in [-0.1, -0.05) is 31.4 Å². The number of nitrogens with two attached hydrogens (primary N) is 1. The molecule has 1 heterocycles. The van der Waals surface area contributed by atoms with Crippen molar-refractivity contribution in [3.63, 3.8) is 0 Å². The standard InChI is InChI=1S/C19H31N3/c1-15-7-6-10-18(16(15)2)21-11-13-22(14-12-21)19-9-5-3-4-8-17(19)20/h6-7,10,17,19H,3-5,8-9,11-14,20H2,1-2H3. The molecule has 3 heteroatoms. The second-order valence-corrected chi connectivity index (χ2v) is 7.11. The Morgan fingerprint density at radius 2 is 1.68 bits per heavy atom. The number of benzene rings is 1. The van der Waals surface area contributed by atoms with Gasteiger partial charge >= 0.3 is 0 Å². The molecule has 0 aromatic heterocycles. The highest BCUT2D eigenvalue weighted by Gasteiger charge is 2.29. The molecule has 1 aliphatic carbocycles. The zero-order valence-electron chi connectivity index (χ0n) is 14.2. The van der Waals surface area contributed by atoms with Crippen molar-refractivity contribution in [1.82, 2.24) is 4.90 Å². The highest BCUT2D eigenvalue weighted by Crippen LogP contribution is 2.26. The molecule has 2 N–H and O–H groups in total. The molecule has 1 saturated carbocycles. The molecular weight excluding hydrogens is 270 g/mol. The second kappa shape index (κ2) is 7.01. The summed E-state index contributed by atoms with van der Waals surface area (Å²) >= 11 is 0. The van der Waals surface area contributed by atoms with Crippen molar-refractivity contribution in [1.29, 1.82) is 0 Å². The SMILES string of the molecule is Cc1cccc(N2CCN(C3CCCCCC3N)CC2)c1C. The van der Waals surface area contributed by atoms with Crippen LogP contribution in [0.3, 0.4) is 0 Å². The van der Waals surface area contributed by atoms with Crippen LogP contribution in [0.1, 0.15) is 43.2 Å². The van der Waals surface area contributed by atoms with E-state index in [2.05, 4.69) is 41.8 Å². The highest BCUT2D eigenvalue weighted by atomic mass is 15.3. The van der Waals surface area contributed by atoms with E-state index in [0.29, 0.717) is 12.1 Å². The van der Waals surface area contributed by atoms with Gasteiger partial charge in [-0.2, -0.15) is 0 Å². The van der Waals surface area contributed by atoms with Crippen LogP contribution in [0, 0.1) is 13.8 Å². The molecule has 2 atom stereocenters. The lowest BCUT2D eigenvalue weighted by Gasteiger charge is -2.42. The predicted molar refractivity (Wildman–Crippen MR) is 94.6 cm³/mol. The Morgan fingerprint density at radius 1 is 0.955 bits per heavy atom. The quantitative estimate of drug-likeness (QED) is 0.852. The van der Waals surface area contributed by atoms with E-state index in [9.17, 15) is 0 Å². The van der Waals surface area contributed by atoms with Gasteiger partial charge in [0.2, 0.25) is 0 Å². The fourth-order valence-corrected chi connectivity index (χ4v) is 4.14. The molecule has 1 aliphatic heterocycles. The van der Waals surface area contributed by atoms with Gasteiger partial charge in [-0.25, -0.2) is 0 Å².